The number of carbonyl (C=O) groups is 2. The van der Waals surface area contributed by atoms with Crippen molar-refractivity contribution in [1.29, 1.82) is 0 Å². The molecule has 2 aromatic rings. The van der Waals surface area contributed by atoms with Crippen molar-refractivity contribution in [2.75, 3.05) is 19.1 Å². The summed E-state index contributed by atoms with van der Waals surface area (Å²) in [4.78, 5) is 26.7. The van der Waals surface area contributed by atoms with E-state index < -0.39 is 6.04 Å². The summed E-state index contributed by atoms with van der Waals surface area (Å²) in [5.41, 5.74) is 2.32. The van der Waals surface area contributed by atoms with Crippen LogP contribution in [-0.4, -0.2) is 32.0 Å². The van der Waals surface area contributed by atoms with Gasteiger partial charge in [-0.15, -0.1) is 0 Å². The van der Waals surface area contributed by atoms with Gasteiger partial charge in [0.25, 0.3) is 5.91 Å². The van der Waals surface area contributed by atoms with Gasteiger partial charge in [0, 0.05) is 24.7 Å². The van der Waals surface area contributed by atoms with Crippen molar-refractivity contribution < 1.29 is 14.3 Å². The average Bonchev–Trinajstić information content (AvgIpc) is 3.00. The molecule has 2 aromatic carbocycles. The second-order valence-corrected chi connectivity index (χ2v) is 5.37. The SMILES string of the molecule is CNC(=O)[C@@H]1Cc2ccccc2N1C(=O)c1ccc(OC)cc1. The molecule has 5 heteroatoms. The van der Waals surface area contributed by atoms with Crippen LogP contribution in [0.5, 0.6) is 5.75 Å². The van der Waals surface area contributed by atoms with Crippen molar-refractivity contribution in [3.63, 3.8) is 0 Å². The predicted molar refractivity (Wildman–Crippen MR) is 87.8 cm³/mol. The Kier molecular flexibility index (Phi) is 4.02. The number of nitrogens with one attached hydrogen (secondary N) is 1. The molecule has 0 fully saturated rings. The van der Waals surface area contributed by atoms with Gasteiger partial charge in [-0.2, -0.15) is 0 Å². The number of likely N-dealkylation sites (N-methyl/N-ethyl adjacent to an activating group) is 1. The van der Waals surface area contributed by atoms with Crippen LogP contribution in [0.2, 0.25) is 0 Å². The highest BCUT2D eigenvalue weighted by molar-refractivity contribution is 6.11. The summed E-state index contributed by atoms with van der Waals surface area (Å²) in [6, 6.07) is 14.0. The van der Waals surface area contributed by atoms with Crippen LogP contribution in [0.15, 0.2) is 48.5 Å². The Morgan fingerprint density at radius 1 is 1.13 bits per heavy atom. The molecule has 23 heavy (non-hydrogen) atoms. The first-order valence-electron chi connectivity index (χ1n) is 7.43. The molecule has 0 spiro atoms. The number of fused-ring (bicyclic) bond motifs is 1. The maximum absolute atomic E-state index is 12.9. The largest absolute Gasteiger partial charge is 0.497 e. The molecule has 0 unspecified atom stereocenters. The third-order valence-electron chi connectivity index (χ3n) is 4.08. The Morgan fingerprint density at radius 3 is 2.48 bits per heavy atom. The van der Waals surface area contributed by atoms with Gasteiger partial charge in [-0.25, -0.2) is 0 Å². The molecule has 2 amide bonds. The number of hydrogen-bond donors (Lipinski definition) is 1. The third-order valence-corrected chi connectivity index (χ3v) is 4.08. The molecule has 5 nitrogen and oxygen atoms in total. The predicted octanol–water partition coefficient (Wildman–Crippen LogP) is 2.01. The zero-order valence-corrected chi connectivity index (χ0v) is 13.1. The number of carbonyl (C=O) groups excluding carboxylic acids is 2. The fourth-order valence-corrected chi connectivity index (χ4v) is 2.89. The lowest BCUT2D eigenvalue weighted by Gasteiger charge is -2.24. The van der Waals surface area contributed by atoms with Gasteiger partial charge >= 0.3 is 0 Å². The zero-order chi connectivity index (χ0) is 16.4. The number of benzene rings is 2. The van der Waals surface area contributed by atoms with Crippen molar-refractivity contribution in [3.8, 4) is 5.75 Å². The maximum Gasteiger partial charge on any atom is 0.259 e. The number of para-hydroxylation sites is 1. The van der Waals surface area contributed by atoms with Crippen LogP contribution in [-0.2, 0) is 11.2 Å². The summed E-state index contributed by atoms with van der Waals surface area (Å²) in [5.74, 6) is 0.334. The highest BCUT2D eigenvalue weighted by Crippen LogP contribution is 2.33. The van der Waals surface area contributed by atoms with Gasteiger partial charge in [0.1, 0.15) is 11.8 Å². The molecular formula is C18H18N2O3. The van der Waals surface area contributed by atoms with Gasteiger partial charge < -0.3 is 10.1 Å². The third kappa shape index (κ3) is 2.65. The second kappa shape index (κ2) is 6.12. The Labute approximate surface area is 134 Å². The van der Waals surface area contributed by atoms with Crippen molar-refractivity contribution >= 4 is 17.5 Å². The summed E-state index contributed by atoms with van der Waals surface area (Å²) >= 11 is 0. The molecular weight excluding hydrogens is 292 g/mol. The van der Waals surface area contributed by atoms with Gasteiger partial charge in [-0.3, -0.25) is 14.5 Å². The Morgan fingerprint density at radius 2 is 1.83 bits per heavy atom. The topological polar surface area (TPSA) is 58.6 Å². The molecule has 1 N–H and O–H groups in total. The van der Waals surface area contributed by atoms with E-state index in [9.17, 15) is 9.59 Å². The lowest BCUT2D eigenvalue weighted by molar-refractivity contribution is -0.121. The Hall–Kier alpha value is -2.82. The van der Waals surface area contributed by atoms with Gasteiger partial charge in [0.15, 0.2) is 0 Å². The van der Waals surface area contributed by atoms with E-state index in [1.165, 1.54) is 0 Å². The molecule has 1 atom stereocenters. The monoisotopic (exact) mass is 310 g/mol. The normalized spacial score (nSPS) is 15.9. The number of methoxy groups -OCH3 is 1. The van der Waals surface area contributed by atoms with Crippen molar-refractivity contribution in [2.45, 2.75) is 12.5 Å². The van der Waals surface area contributed by atoms with Crippen LogP contribution in [0.4, 0.5) is 5.69 Å². The minimum atomic E-state index is -0.521. The van der Waals surface area contributed by atoms with Crippen molar-refractivity contribution in [2.24, 2.45) is 0 Å². The fraction of sp³-hybridized carbons (Fsp3) is 0.222. The highest BCUT2D eigenvalue weighted by Gasteiger charge is 2.38. The van der Waals surface area contributed by atoms with Gasteiger partial charge in [-0.05, 0) is 35.9 Å². The summed E-state index contributed by atoms with van der Waals surface area (Å²) in [6.45, 7) is 0. The zero-order valence-electron chi connectivity index (χ0n) is 13.1. The number of amides is 2. The van der Waals surface area contributed by atoms with E-state index in [1.54, 1.807) is 43.3 Å². The fourth-order valence-electron chi connectivity index (χ4n) is 2.89. The van der Waals surface area contributed by atoms with Crippen molar-refractivity contribution in [1.82, 2.24) is 5.32 Å². The van der Waals surface area contributed by atoms with E-state index in [0.717, 1.165) is 11.3 Å². The quantitative estimate of drug-likeness (QED) is 0.943. The first-order valence-corrected chi connectivity index (χ1v) is 7.43. The first kappa shape index (κ1) is 15.1. The summed E-state index contributed by atoms with van der Waals surface area (Å²) < 4.78 is 5.12. The Balaban J connectivity index is 1.99. The molecule has 3 rings (SSSR count). The first-order chi connectivity index (χ1) is 11.2. The molecule has 0 saturated carbocycles. The molecule has 1 heterocycles. The maximum atomic E-state index is 12.9. The summed E-state index contributed by atoms with van der Waals surface area (Å²) in [5, 5.41) is 2.64. The smallest absolute Gasteiger partial charge is 0.259 e. The van der Waals surface area contributed by atoms with Gasteiger partial charge in [-0.1, -0.05) is 18.2 Å². The van der Waals surface area contributed by atoms with Crippen LogP contribution in [0.25, 0.3) is 0 Å². The molecule has 0 aliphatic carbocycles. The minimum Gasteiger partial charge on any atom is -0.497 e. The molecule has 0 bridgehead atoms. The van der Waals surface area contributed by atoms with Crippen LogP contribution in [0.1, 0.15) is 15.9 Å². The van der Waals surface area contributed by atoms with Crippen LogP contribution in [0.3, 0.4) is 0 Å². The van der Waals surface area contributed by atoms with E-state index >= 15 is 0 Å². The number of rotatable bonds is 3. The second-order valence-electron chi connectivity index (χ2n) is 5.37. The summed E-state index contributed by atoms with van der Waals surface area (Å²) in [7, 11) is 3.16. The minimum absolute atomic E-state index is 0.164. The number of hydrogen-bond acceptors (Lipinski definition) is 3. The molecule has 0 aromatic heterocycles. The molecule has 0 radical (unpaired) electrons. The van der Waals surface area contributed by atoms with E-state index in [1.807, 2.05) is 24.3 Å². The molecule has 0 saturated heterocycles. The van der Waals surface area contributed by atoms with E-state index in [-0.39, 0.29) is 11.8 Å². The molecule has 1 aliphatic heterocycles. The average molecular weight is 310 g/mol. The lowest BCUT2D eigenvalue weighted by Crippen LogP contribution is -2.47. The number of nitrogens with zero attached hydrogens (tertiary/aromatic N) is 1. The van der Waals surface area contributed by atoms with Gasteiger partial charge in [0.2, 0.25) is 5.91 Å². The van der Waals surface area contributed by atoms with Crippen LogP contribution in [0, 0.1) is 0 Å². The van der Waals surface area contributed by atoms with E-state index in [0.29, 0.717) is 17.7 Å². The molecule has 118 valence electrons. The van der Waals surface area contributed by atoms with Crippen LogP contribution < -0.4 is 15.0 Å². The standard InChI is InChI=1S/C18H18N2O3/c1-19-17(21)16-11-13-5-3-4-6-15(13)20(16)18(22)12-7-9-14(23-2)10-8-12/h3-10,16H,11H2,1-2H3,(H,19,21)/t16-/m0/s1. The highest BCUT2D eigenvalue weighted by atomic mass is 16.5. The lowest BCUT2D eigenvalue weighted by atomic mass is 10.1. The number of ether oxygens (including phenoxy) is 1. The summed E-state index contributed by atoms with van der Waals surface area (Å²) in [6.07, 6.45) is 0.526. The molecule has 1 aliphatic rings. The van der Waals surface area contributed by atoms with E-state index in [2.05, 4.69) is 5.32 Å². The van der Waals surface area contributed by atoms with Crippen LogP contribution >= 0.6 is 0 Å². The number of anilines is 1. The Bertz CT molecular complexity index is 740. The van der Waals surface area contributed by atoms with Crippen molar-refractivity contribution in [3.05, 3.63) is 59.7 Å². The van der Waals surface area contributed by atoms with Gasteiger partial charge in [0.05, 0.1) is 7.11 Å². The van der Waals surface area contributed by atoms with E-state index in [4.69, 9.17) is 4.74 Å².